The number of nitrogens with one attached hydrogen (secondary N) is 1. The molecule has 0 unspecified atom stereocenters. The monoisotopic (exact) mass is 533 g/mol. The highest BCUT2D eigenvalue weighted by Crippen LogP contribution is 2.38. The molecule has 1 aromatic carbocycles. The number of anilines is 1. The molecule has 10 heteroatoms. The van der Waals surface area contributed by atoms with Gasteiger partial charge in [0.25, 0.3) is 0 Å². The van der Waals surface area contributed by atoms with Crippen LogP contribution in [0.5, 0.6) is 0 Å². The second-order valence-corrected chi connectivity index (χ2v) is 12.3. The molecule has 5 nitrogen and oxygen atoms in total. The average Bonchev–Trinajstić information content (AvgIpc) is 2.81. The second kappa shape index (κ2) is 10.3. The number of rotatable bonds is 6. The summed E-state index contributed by atoms with van der Waals surface area (Å²) < 4.78 is 54.2. The number of halogens is 4. The van der Waals surface area contributed by atoms with Crippen LogP contribution in [-0.2, 0) is 19.1 Å². The first-order valence-electron chi connectivity index (χ1n) is 12.5. The molecule has 0 bridgehead atoms. The van der Waals surface area contributed by atoms with Gasteiger partial charge >= 0.3 is 6.18 Å². The Balaban J connectivity index is 1.50. The Bertz CT molecular complexity index is 1330. The molecular formula is C27H31F4N5S. The van der Waals surface area contributed by atoms with E-state index in [0.29, 0.717) is 34.5 Å². The van der Waals surface area contributed by atoms with Crippen LogP contribution in [-0.4, -0.2) is 57.4 Å². The molecule has 0 saturated carbocycles. The summed E-state index contributed by atoms with van der Waals surface area (Å²) in [4.78, 5) is 16.4. The number of alkyl halides is 3. The zero-order valence-corrected chi connectivity index (χ0v) is 21.9. The first-order chi connectivity index (χ1) is 17.6. The molecule has 5 rings (SSSR count). The maximum Gasteiger partial charge on any atom is 0.419 e. The van der Waals surface area contributed by atoms with Gasteiger partial charge in [-0.15, -0.1) is 0 Å². The van der Waals surface area contributed by atoms with Gasteiger partial charge in [-0.25, -0.2) is 19.3 Å². The summed E-state index contributed by atoms with van der Waals surface area (Å²) in [7, 11) is 2.32. The van der Waals surface area contributed by atoms with Crippen LogP contribution in [0.25, 0.3) is 11.0 Å². The molecule has 0 radical (unpaired) electrons. The highest BCUT2D eigenvalue weighted by atomic mass is 32.2. The van der Waals surface area contributed by atoms with Gasteiger partial charge < -0.3 is 10.2 Å². The van der Waals surface area contributed by atoms with Crippen molar-refractivity contribution >= 4 is 33.2 Å². The minimum atomic E-state index is -4.75. The Hall–Kier alpha value is -2.59. The third-order valence-corrected chi connectivity index (χ3v) is 8.94. The van der Waals surface area contributed by atoms with E-state index in [1.807, 2.05) is 0 Å². The minimum Gasteiger partial charge on any atom is -0.365 e. The van der Waals surface area contributed by atoms with Crippen LogP contribution in [0.15, 0.2) is 24.3 Å². The highest BCUT2D eigenvalue weighted by molar-refractivity contribution is 8.14. The van der Waals surface area contributed by atoms with E-state index in [0.717, 1.165) is 55.6 Å². The summed E-state index contributed by atoms with van der Waals surface area (Å²) >= 11 is 0. The summed E-state index contributed by atoms with van der Waals surface area (Å²) in [6, 6.07) is 5.43. The lowest BCUT2D eigenvalue weighted by molar-refractivity contribution is -0.140. The van der Waals surface area contributed by atoms with E-state index < -0.39 is 17.6 Å². The van der Waals surface area contributed by atoms with Crippen molar-refractivity contribution in [3.8, 4) is 0 Å². The summed E-state index contributed by atoms with van der Waals surface area (Å²) in [6.45, 7) is 3.71. The molecule has 2 aromatic heterocycles. The van der Waals surface area contributed by atoms with Crippen LogP contribution in [0.3, 0.4) is 0 Å². The Morgan fingerprint density at radius 1 is 1.14 bits per heavy atom. The highest BCUT2D eigenvalue weighted by Gasteiger charge is 2.35. The zero-order chi connectivity index (χ0) is 26.3. The molecule has 37 heavy (non-hydrogen) atoms. The number of likely N-dealkylation sites (tertiary alicyclic amines) is 1. The lowest BCUT2D eigenvalue weighted by Crippen LogP contribution is -2.44. The predicted octanol–water partition coefficient (Wildman–Crippen LogP) is 5.79. The van der Waals surface area contributed by atoms with E-state index in [4.69, 9.17) is 4.98 Å². The van der Waals surface area contributed by atoms with Crippen LogP contribution in [0, 0.1) is 18.7 Å². The number of hydrogen-bond donors (Lipinski definition) is 1. The van der Waals surface area contributed by atoms with Gasteiger partial charge in [-0.3, -0.25) is 0 Å². The number of hydrogen-bond acceptors (Lipinski definition) is 5. The smallest absolute Gasteiger partial charge is 0.365 e. The van der Waals surface area contributed by atoms with Crippen molar-refractivity contribution in [2.75, 3.05) is 37.0 Å². The normalized spacial score (nSPS) is 21.2. The summed E-state index contributed by atoms with van der Waals surface area (Å²) in [5.74, 6) is 7.07. The fourth-order valence-corrected chi connectivity index (χ4v) is 6.83. The number of benzene rings is 1. The van der Waals surface area contributed by atoms with Gasteiger partial charge in [-0.05, 0) is 74.3 Å². The molecule has 2 aliphatic heterocycles. The fourth-order valence-electron chi connectivity index (χ4n) is 5.39. The molecule has 2 saturated heterocycles. The number of nitrogens with zero attached hydrogens (tertiary/aromatic N) is 4. The van der Waals surface area contributed by atoms with Crippen molar-refractivity contribution in [2.24, 2.45) is 5.92 Å². The van der Waals surface area contributed by atoms with Gasteiger partial charge in [-0.2, -0.15) is 23.7 Å². The molecule has 1 N–H and O–H groups in total. The van der Waals surface area contributed by atoms with E-state index in [1.54, 1.807) is 6.92 Å². The third-order valence-electron chi connectivity index (χ3n) is 7.31. The largest absolute Gasteiger partial charge is 0.419 e. The van der Waals surface area contributed by atoms with Gasteiger partial charge in [0.1, 0.15) is 17.5 Å². The Morgan fingerprint density at radius 2 is 1.86 bits per heavy atom. The fraction of sp³-hybridized carbons (Fsp3) is 0.481. The van der Waals surface area contributed by atoms with Crippen molar-refractivity contribution < 1.29 is 17.6 Å². The van der Waals surface area contributed by atoms with Crippen molar-refractivity contribution in [3.63, 3.8) is 0 Å². The van der Waals surface area contributed by atoms with E-state index in [2.05, 4.69) is 39.2 Å². The van der Waals surface area contributed by atoms with Gasteiger partial charge in [-0.1, -0.05) is 18.0 Å². The molecule has 2 fully saturated rings. The van der Waals surface area contributed by atoms with Gasteiger partial charge in [0.15, 0.2) is 5.65 Å². The number of fused-ring (bicyclic) bond motifs is 1. The predicted molar refractivity (Wildman–Crippen MR) is 142 cm³/mol. The topological polar surface area (TPSA) is 53.9 Å². The maximum atomic E-state index is 14.6. The third kappa shape index (κ3) is 5.65. The molecule has 4 heterocycles. The SMILES string of the molecule is C=S1CCC(c2cc3c(NCc4cccc(C(F)(F)F)c4F)nc(C)nc3nc2CC2CN(C)C2)CC1. The van der Waals surface area contributed by atoms with Crippen molar-refractivity contribution in [1.29, 1.82) is 0 Å². The Kier molecular flexibility index (Phi) is 7.24. The summed E-state index contributed by atoms with van der Waals surface area (Å²) in [6.07, 6.45) is -1.75. The average molecular weight is 534 g/mol. The van der Waals surface area contributed by atoms with E-state index >= 15 is 0 Å². The van der Waals surface area contributed by atoms with Crippen molar-refractivity contribution in [2.45, 2.75) is 44.8 Å². The number of aryl methyl sites for hydroxylation is 1. The molecule has 0 atom stereocenters. The van der Waals surface area contributed by atoms with Crippen LogP contribution in [0.4, 0.5) is 23.4 Å². The quantitative estimate of drug-likeness (QED) is 0.321. The first kappa shape index (κ1) is 26.0. The Labute approximate surface area is 216 Å². The van der Waals surface area contributed by atoms with Gasteiger partial charge in [0.05, 0.1) is 10.9 Å². The lowest BCUT2D eigenvalue weighted by Gasteiger charge is -2.37. The number of pyridine rings is 1. The van der Waals surface area contributed by atoms with Crippen LogP contribution in [0.2, 0.25) is 0 Å². The molecule has 0 amide bonds. The van der Waals surface area contributed by atoms with Crippen molar-refractivity contribution in [1.82, 2.24) is 19.9 Å². The summed E-state index contributed by atoms with van der Waals surface area (Å²) in [5, 5.41) is 3.79. The number of aromatic nitrogens is 3. The minimum absolute atomic E-state index is 0.0760. The van der Waals surface area contributed by atoms with Crippen LogP contribution < -0.4 is 5.32 Å². The maximum absolute atomic E-state index is 14.6. The second-order valence-electron chi connectivity index (χ2n) is 10.2. The van der Waals surface area contributed by atoms with Crippen LogP contribution in [0.1, 0.15) is 47.0 Å². The summed E-state index contributed by atoms with van der Waals surface area (Å²) in [5.41, 5.74) is 1.49. The molecular weight excluding hydrogens is 502 g/mol. The van der Waals surface area contributed by atoms with Gasteiger partial charge in [0, 0.05) is 30.9 Å². The van der Waals surface area contributed by atoms with Crippen molar-refractivity contribution in [3.05, 3.63) is 58.3 Å². The Morgan fingerprint density at radius 3 is 2.54 bits per heavy atom. The van der Waals surface area contributed by atoms with Gasteiger partial charge in [0.2, 0.25) is 0 Å². The van der Waals surface area contributed by atoms with E-state index in [9.17, 15) is 17.6 Å². The molecule has 0 spiro atoms. The molecule has 3 aromatic rings. The lowest BCUT2D eigenvalue weighted by atomic mass is 9.86. The molecule has 0 aliphatic carbocycles. The molecule has 2 aliphatic rings. The zero-order valence-electron chi connectivity index (χ0n) is 21.0. The van der Waals surface area contributed by atoms with E-state index in [-0.39, 0.29) is 22.6 Å². The van der Waals surface area contributed by atoms with Crippen LogP contribution >= 0.6 is 10.5 Å². The first-order valence-corrected chi connectivity index (χ1v) is 14.2. The molecule has 198 valence electrons. The van der Waals surface area contributed by atoms with E-state index in [1.165, 1.54) is 17.7 Å². The standard InChI is InChI=1S/C27H31F4N5S/c1-16-33-25(32-13-19-5-4-6-22(24(19)28)27(29,30)31)21-12-20(18-7-9-37(3)10-8-18)23(35-26(21)34-16)11-17-14-36(2)15-17/h4-6,12,17-18H,3,7-11,13-15H2,1-2H3,(H,32,33,34,35).